The number of aromatic nitrogens is 2. The lowest BCUT2D eigenvalue weighted by atomic mass is 10.0. The lowest BCUT2D eigenvalue weighted by Crippen LogP contribution is -2.29. The van der Waals surface area contributed by atoms with Crippen LogP contribution >= 0.6 is 70.6 Å². The maximum atomic E-state index is 14.2. The van der Waals surface area contributed by atoms with Gasteiger partial charge in [-0.05, 0) is 60.5 Å². The van der Waals surface area contributed by atoms with Crippen LogP contribution in [-0.2, 0) is 32.3 Å². The van der Waals surface area contributed by atoms with Crippen LogP contribution in [0.3, 0.4) is 0 Å². The molecule has 7 aromatic rings. The van der Waals surface area contributed by atoms with Crippen molar-refractivity contribution < 1.29 is 28.7 Å². The van der Waals surface area contributed by atoms with Crippen LogP contribution in [0, 0.1) is 5.92 Å². The molecular formula is C43H33N5O6S6. The summed E-state index contributed by atoms with van der Waals surface area (Å²) in [6.45, 7) is 4.45. The Morgan fingerprint density at radius 3 is 1.70 bits per heavy atom. The van der Waals surface area contributed by atoms with E-state index in [0.29, 0.717) is 74.1 Å². The van der Waals surface area contributed by atoms with E-state index >= 15 is 0 Å². The van der Waals surface area contributed by atoms with Crippen LogP contribution in [0.2, 0.25) is 0 Å². The van der Waals surface area contributed by atoms with Crippen molar-refractivity contribution in [3.63, 3.8) is 0 Å². The third kappa shape index (κ3) is 7.40. The quantitative estimate of drug-likeness (QED) is 0.122. The maximum absolute atomic E-state index is 14.2. The lowest BCUT2D eigenvalue weighted by Gasteiger charge is -2.09. The van der Waals surface area contributed by atoms with E-state index in [-0.39, 0.29) is 35.9 Å². The second kappa shape index (κ2) is 16.8. The van der Waals surface area contributed by atoms with E-state index in [1.807, 2.05) is 79.7 Å². The molecule has 9 rings (SSSR count). The predicted octanol–water partition coefficient (Wildman–Crippen LogP) is 11.8. The summed E-state index contributed by atoms with van der Waals surface area (Å²) in [7, 11) is 0. The van der Waals surface area contributed by atoms with Gasteiger partial charge in [0, 0.05) is 17.3 Å². The number of thioether (sulfide) groups is 2. The van der Waals surface area contributed by atoms with Crippen LogP contribution in [-0.4, -0.2) is 63.1 Å². The molecule has 0 spiro atoms. The Kier molecular flexibility index (Phi) is 11.3. The van der Waals surface area contributed by atoms with Gasteiger partial charge in [0.15, 0.2) is 10.8 Å². The van der Waals surface area contributed by atoms with Gasteiger partial charge in [-0.25, -0.2) is 28.7 Å². The number of amides is 1. The molecule has 2 fully saturated rings. The molecule has 0 aliphatic carbocycles. The highest BCUT2D eigenvalue weighted by Crippen LogP contribution is 2.46. The summed E-state index contributed by atoms with van der Waals surface area (Å²) in [5, 5.41) is 2.97. The van der Waals surface area contributed by atoms with E-state index in [2.05, 4.69) is 6.92 Å². The fourth-order valence-electron chi connectivity index (χ4n) is 7.23. The number of thiophene rings is 2. The molecule has 2 aliphatic rings. The predicted molar refractivity (Wildman–Crippen MR) is 252 cm³/mol. The summed E-state index contributed by atoms with van der Waals surface area (Å²) in [6, 6.07) is 26.1. The fraction of sp³-hybridized carbons (Fsp3) is 0.209. The summed E-state index contributed by atoms with van der Waals surface area (Å²) in [6.07, 6.45) is 1.32. The van der Waals surface area contributed by atoms with Gasteiger partial charge < -0.3 is 9.47 Å². The number of Topliss-reactive ketones (excluding diaryl/α,β-unsaturated/α-hetero) is 1. The second-order valence-corrected chi connectivity index (χ2v) is 19.4. The van der Waals surface area contributed by atoms with Gasteiger partial charge in [-0.1, -0.05) is 117 Å². The molecule has 4 aromatic heterocycles. The first-order chi connectivity index (χ1) is 29.1. The van der Waals surface area contributed by atoms with E-state index in [0.717, 1.165) is 40.4 Å². The molecule has 2 saturated heterocycles. The number of hydrogen-bond acceptors (Lipinski definition) is 14. The van der Waals surface area contributed by atoms with Crippen molar-refractivity contribution in [2.24, 2.45) is 15.9 Å². The average molecular weight is 908 g/mol. The first-order valence-electron chi connectivity index (χ1n) is 19.1. The zero-order valence-electron chi connectivity index (χ0n) is 32.0. The number of aliphatic imine (C=N–C) groups is 2. The Labute approximate surface area is 370 Å². The van der Waals surface area contributed by atoms with E-state index < -0.39 is 12.2 Å². The summed E-state index contributed by atoms with van der Waals surface area (Å²) in [5.74, 6) is -0.690. The Hall–Kier alpha value is -5.04. The van der Waals surface area contributed by atoms with Gasteiger partial charge in [-0.15, -0.1) is 22.7 Å². The Morgan fingerprint density at radius 2 is 1.22 bits per heavy atom. The minimum Gasteiger partial charge on any atom is -0.444 e. The molecular weight excluding hydrogens is 875 g/mol. The number of unbranched alkanes of at least 4 members (excludes halogenated alkanes) is 1. The SMILES string of the molecule is CCCCC1C(=O)C(=Nc2cc3c(s2)c2cc4c(cc2n3C(=O)OCc2ccccc2)c2sc(N=C3SC(=S)N(CC)C3=O)cc2n4C(=O)OCc2ccccc2)SC1=S. The molecule has 0 saturated carbocycles. The Morgan fingerprint density at radius 1 is 0.700 bits per heavy atom. The minimum absolute atomic E-state index is 0.0415. The number of benzene rings is 3. The fourth-order valence-corrected chi connectivity index (χ4v) is 12.1. The number of ketones is 1. The largest absolute Gasteiger partial charge is 0.444 e. The van der Waals surface area contributed by atoms with Gasteiger partial charge in [0.1, 0.15) is 32.6 Å². The second-order valence-electron chi connectivity index (χ2n) is 14.0. The summed E-state index contributed by atoms with van der Waals surface area (Å²) < 4.78 is 17.4. The number of fused-ring (bicyclic) bond motifs is 6. The number of ether oxygens (including phenoxy) is 2. The summed E-state index contributed by atoms with van der Waals surface area (Å²) >= 11 is 16.0. The number of hydrogen-bond donors (Lipinski definition) is 0. The number of carbonyl (C=O) groups excluding carboxylic acids is 4. The Balaban J connectivity index is 1.20. The highest BCUT2D eigenvalue weighted by Gasteiger charge is 2.37. The first-order valence-corrected chi connectivity index (χ1v) is 23.2. The lowest BCUT2D eigenvalue weighted by molar-refractivity contribution is -0.119. The van der Waals surface area contributed by atoms with Crippen molar-refractivity contribution in [1.29, 1.82) is 0 Å². The van der Waals surface area contributed by atoms with E-state index in [1.165, 1.54) is 48.5 Å². The van der Waals surface area contributed by atoms with Crippen molar-refractivity contribution in [3.8, 4) is 0 Å². The highest BCUT2D eigenvalue weighted by molar-refractivity contribution is 8.35. The molecule has 2 aliphatic heterocycles. The van der Waals surface area contributed by atoms with E-state index in [1.54, 1.807) is 12.1 Å². The molecule has 0 radical (unpaired) electrons. The summed E-state index contributed by atoms with van der Waals surface area (Å²) in [4.78, 5) is 65.9. The molecule has 60 heavy (non-hydrogen) atoms. The summed E-state index contributed by atoms with van der Waals surface area (Å²) in [5.41, 5.74) is 3.82. The number of rotatable bonds is 10. The van der Waals surface area contributed by atoms with Crippen LogP contribution in [0.4, 0.5) is 19.6 Å². The highest BCUT2D eigenvalue weighted by atomic mass is 32.2. The molecule has 0 N–H and O–H groups in total. The molecule has 1 amide bonds. The number of nitrogens with zero attached hydrogens (tertiary/aromatic N) is 5. The number of carbonyl (C=O) groups is 4. The maximum Gasteiger partial charge on any atom is 0.419 e. The molecule has 1 atom stereocenters. The average Bonchev–Trinajstić information content (AvgIpc) is 4.08. The van der Waals surface area contributed by atoms with Crippen LogP contribution in [0.15, 0.2) is 94.9 Å². The van der Waals surface area contributed by atoms with Crippen molar-refractivity contribution in [2.75, 3.05) is 6.54 Å². The zero-order valence-corrected chi connectivity index (χ0v) is 36.9. The van der Waals surface area contributed by atoms with Crippen LogP contribution in [0.25, 0.3) is 42.2 Å². The van der Waals surface area contributed by atoms with Gasteiger partial charge in [0.05, 0.1) is 41.6 Å². The smallest absolute Gasteiger partial charge is 0.419 e. The van der Waals surface area contributed by atoms with Crippen molar-refractivity contribution in [1.82, 2.24) is 14.0 Å². The standard InChI is InChI=1S/C43H33N5O6S6/c1-3-5-16-25-34(49)37(59-40(25)55)44-32-19-30-35(57-32)26-17-29-27(18-28(26)47(30)41(51)53-21-23-12-8-6-9-13-23)36-31(48(29)42(52)54-22-24-14-10-7-11-15-24)20-33(58-36)45-38-39(50)46(4-2)43(56)60-38/h6-15,17-20,25H,3-5,16,21-22H2,1-2H3. The molecule has 1 unspecified atom stereocenters. The normalized spacial score (nSPS) is 17.2. The van der Waals surface area contributed by atoms with Crippen LogP contribution in [0.1, 0.15) is 44.2 Å². The van der Waals surface area contributed by atoms with Crippen LogP contribution in [0.5, 0.6) is 0 Å². The van der Waals surface area contributed by atoms with Gasteiger partial charge in [0.2, 0.25) is 0 Å². The first kappa shape index (κ1) is 40.4. The molecule has 6 heterocycles. The van der Waals surface area contributed by atoms with Gasteiger partial charge >= 0.3 is 12.2 Å². The zero-order chi connectivity index (χ0) is 41.7. The third-order valence-electron chi connectivity index (χ3n) is 10.2. The van der Waals surface area contributed by atoms with Gasteiger partial charge in [-0.2, -0.15) is 0 Å². The monoisotopic (exact) mass is 907 g/mol. The van der Waals surface area contributed by atoms with Gasteiger partial charge in [-0.3, -0.25) is 14.5 Å². The molecule has 0 bridgehead atoms. The van der Waals surface area contributed by atoms with Crippen molar-refractivity contribution >= 4 is 165 Å². The third-order valence-corrected chi connectivity index (χ3v) is 15.1. The van der Waals surface area contributed by atoms with Crippen LogP contribution < -0.4 is 0 Å². The Bertz CT molecular complexity index is 3000. The van der Waals surface area contributed by atoms with E-state index in [4.69, 9.17) is 43.9 Å². The van der Waals surface area contributed by atoms with Crippen molar-refractivity contribution in [3.05, 3.63) is 96.1 Å². The van der Waals surface area contributed by atoms with E-state index in [9.17, 15) is 19.2 Å². The van der Waals surface area contributed by atoms with Crippen molar-refractivity contribution in [2.45, 2.75) is 46.3 Å². The molecule has 11 nitrogen and oxygen atoms in total. The van der Waals surface area contributed by atoms with Gasteiger partial charge in [0.25, 0.3) is 5.91 Å². The molecule has 302 valence electrons. The minimum atomic E-state index is -0.610. The topological polar surface area (TPSA) is 125 Å². The molecule has 3 aromatic carbocycles. The number of thiocarbonyl (C=S) groups is 2. The molecule has 17 heteroatoms.